The van der Waals surface area contributed by atoms with E-state index in [9.17, 15) is 13.2 Å². The Kier molecular flexibility index (Phi) is 2.90. The summed E-state index contributed by atoms with van der Waals surface area (Å²) in [5, 5.41) is 2.48. The Morgan fingerprint density at radius 3 is 2.43 bits per heavy atom. The van der Waals surface area contributed by atoms with Crippen LogP contribution in [0.5, 0.6) is 0 Å². The highest BCUT2D eigenvalue weighted by Gasteiger charge is 2.08. The molecule has 5 heteroatoms. The Labute approximate surface area is 82.9 Å². The van der Waals surface area contributed by atoms with Crippen LogP contribution in [0.25, 0.3) is 0 Å². The third kappa shape index (κ3) is 2.32. The van der Waals surface area contributed by atoms with E-state index >= 15 is 0 Å². The third-order valence-electron chi connectivity index (χ3n) is 1.84. The summed E-state index contributed by atoms with van der Waals surface area (Å²) < 4.78 is 22.3. The van der Waals surface area contributed by atoms with Crippen molar-refractivity contribution in [2.45, 2.75) is 11.8 Å². The second kappa shape index (κ2) is 3.79. The minimum Gasteiger partial charge on any atom is -0.328 e. The van der Waals surface area contributed by atoms with Crippen molar-refractivity contribution >= 4 is 21.9 Å². The first kappa shape index (κ1) is 10.7. The minimum absolute atomic E-state index is 0.256. The largest absolute Gasteiger partial charge is 0.328 e. The maximum Gasteiger partial charge on any atom is 0.211 e. The Balaban J connectivity index is 3.19. The first-order chi connectivity index (χ1) is 6.45. The van der Waals surface area contributed by atoms with E-state index in [2.05, 4.69) is 5.32 Å². The molecular weight excluding hydrogens is 202 g/mol. The first-order valence-electron chi connectivity index (χ1n) is 3.96. The monoisotopic (exact) mass is 213 g/mol. The second-order valence-electron chi connectivity index (χ2n) is 3.01. The number of sulfone groups is 1. The van der Waals surface area contributed by atoms with Crippen molar-refractivity contribution in [2.24, 2.45) is 0 Å². The lowest BCUT2D eigenvalue weighted by Gasteiger charge is -2.05. The van der Waals surface area contributed by atoms with Gasteiger partial charge in [-0.05, 0) is 30.7 Å². The van der Waals surface area contributed by atoms with Gasteiger partial charge in [-0.1, -0.05) is 0 Å². The Morgan fingerprint density at radius 1 is 1.36 bits per heavy atom. The molecule has 4 nitrogen and oxygen atoms in total. The van der Waals surface area contributed by atoms with Crippen LogP contribution >= 0.6 is 0 Å². The predicted octanol–water partition coefficient (Wildman–Crippen LogP) is 0.967. The van der Waals surface area contributed by atoms with Crippen molar-refractivity contribution in [3.8, 4) is 0 Å². The molecule has 0 aliphatic rings. The van der Waals surface area contributed by atoms with E-state index in [1.54, 1.807) is 13.0 Å². The molecule has 1 amide bonds. The zero-order valence-electron chi connectivity index (χ0n) is 7.94. The number of aryl methyl sites for hydroxylation is 1. The van der Waals surface area contributed by atoms with Gasteiger partial charge in [-0.25, -0.2) is 8.42 Å². The first-order valence-corrected chi connectivity index (χ1v) is 5.85. The van der Waals surface area contributed by atoms with Crippen molar-refractivity contribution in [1.29, 1.82) is 0 Å². The Morgan fingerprint density at radius 2 is 2.00 bits per heavy atom. The number of hydrogen-bond donors (Lipinski definition) is 1. The van der Waals surface area contributed by atoms with Crippen molar-refractivity contribution < 1.29 is 13.2 Å². The molecule has 0 bridgehead atoms. The van der Waals surface area contributed by atoms with Gasteiger partial charge in [0.05, 0.1) is 4.90 Å². The van der Waals surface area contributed by atoms with Gasteiger partial charge in [0, 0.05) is 11.9 Å². The van der Waals surface area contributed by atoms with Gasteiger partial charge in [0.15, 0.2) is 9.84 Å². The van der Waals surface area contributed by atoms with Crippen LogP contribution in [0.4, 0.5) is 5.69 Å². The topological polar surface area (TPSA) is 63.2 Å². The minimum atomic E-state index is -3.17. The molecule has 0 radical (unpaired) electrons. The van der Waals surface area contributed by atoms with Crippen LogP contribution in [0, 0.1) is 6.92 Å². The highest BCUT2D eigenvalue weighted by Crippen LogP contribution is 2.18. The third-order valence-corrected chi connectivity index (χ3v) is 2.95. The molecule has 0 aliphatic heterocycles. The van der Waals surface area contributed by atoms with Crippen LogP contribution in [0.15, 0.2) is 23.1 Å². The normalized spacial score (nSPS) is 11.0. The molecule has 0 fully saturated rings. The SMILES string of the molecule is Cc1cc(S(C)(=O)=O)ccc1NC=O. The van der Waals surface area contributed by atoms with E-state index in [1.165, 1.54) is 12.1 Å². The van der Waals surface area contributed by atoms with Gasteiger partial charge < -0.3 is 5.32 Å². The van der Waals surface area contributed by atoms with Crippen molar-refractivity contribution in [2.75, 3.05) is 11.6 Å². The summed E-state index contributed by atoms with van der Waals surface area (Å²) in [7, 11) is -3.17. The van der Waals surface area contributed by atoms with Crippen LogP contribution in [0.3, 0.4) is 0 Å². The van der Waals surface area contributed by atoms with E-state index in [0.29, 0.717) is 12.1 Å². The zero-order valence-corrected chi connectivity index (χ0v) is 8.76. The lowest BCUT2D eigenvalue weighted by Crippen LogP contribution is -2.00. The molecule has 0 aromatic heterocycles. The summed E-state index contributed by atoms with van der Waals surface area (Å²) in [5.74, 6) is 0. The molecular formula is C9H11NO3S. The van der Waals surface area contributed by atoms with Gasteiger partial charge in [0.1, 0.15) is 0 Å². The van der Waals surface area contributed by atoms with E-state index in [1.807, 2.05) is 0 Å². The summed E-state index contributed by atoms with van der Waals surface area (Å²) in [6.45, 7) is 1.74. The van der Waals surface area contributed by atoms with E-state index < -0.39 is 9.84 Å². The highest BCUT2D eigenvalue weighted by molar-refractivity contribution is 7.90. The number of anilines is 1. The van der Waals surface area contributed by atoms with Crippen molar-refractivity contribution in [1.82, 2.24) is 0 Å². The number of hydrogen-bond acceptors (Lipinski definition) is 3. The highest BCUT2D eigenvalue weighted by atomic mass is 32.2. The van der Waals surface area contributed by atoms with Gasteiger partial charge in [0.2, 0.25) is 6.41 Å². The van der Waals surface area contributed by atoms with Crippen LogP contribution in [0.2, 0.25) is 0 Å². The zero-order chi connectivity index (χ0) is 10.8. The molecule has 0 unspecified atom stereocenters. The molecule has 0 saturated carbocycles. The van der Waals surface area contributed by atoms with Gasteiger partial charge in [-0.15, -0.1) is 0 Å². The summed E-state index contributed by atoms with van der Waals surface area (Å²) in [5.41, 5.74) is 1.34. The van der Waals surface area contributed by atoms with Crippen molar-refractivity contribution in [3.63, 3.8) is 0 Å². The smallest absolute Gasteiger partial charge is 0.211 e. The summed E-state index contributed by atoms with van der Waals surface area (Å²) >= 11 is 0. The fraction of sp³-hybridized carbons (Fsp3) is 0.222. The fourth-order valence-electron chi connectivity index (χ4n) is 1.09. The maximum absolute atomic E-state index is 11.2. The van der Waals surface area contributed by atoms with E-state index in [-0.39, 0.29) is 4.90 Å². The van der Waals surface area contributed by atoms with Crippen molar-refractivity contribution in [3.05, 3.63) is 23.8 Å². The van der Waals surface area contributed by atoms with Crippen LogP contribution < -0.4 is 5.32 Å². The summed E-state index contributed by atoms with van der Waals surface area (Å²) in [4.78, 5) is 10.4. The van der Waals surface area contributed by atoms with E-state index in [4.69, 9.17) is 0 Å². The molecule has 76 valence electrons. The van der Waals surface area contributed by atoms with Gasteiger partial charge in [-0.2, -0.15) is 0 Å². The number of amides is 1. The van der Waals surface area contributed by atoms with Crippen LogP contribution in [0.1, 0.15) is 5.56 Å². The lowest BCUT2D eigenvalue weighted by molar-refractivity contribution is -0.105. The van der Waals surface area contributed by atoms with Gasteiger partial charge in [0.25, 0.3) is 0 Å². The van der Waals surface area contributed by atoms with E-state index in [0.717, 1.165) is 11.8 Å². The predicted molar refractivity (Wildman–Crippen MR) is 54.0 cm³/mol. The number of nitrogens with one attached hydrogen (secondary N) is 1. The molecule has 0 heterocycles. The van der Waals surface area contributed by atoms with Crippen LogP contribution in [-0.4, -0.2) is 21.1 Å². The van der Waals surface area contributed by atoms with Gasteiger partial charge in [-0.3, -0.25) is 4.79 Å². The second-order valence-corrected chi connectivity index (χ2v) is 5.03. The summed E-state index contributed by atoms with van der Waals surface area (Å²) in [6, 6.07) is 4.56. The number of benzene rings is 1. The Bertz CT molecular complexity index is 451. The standard InChI is InChI=1S/C9H11NO3S/c1-7-5-8(14(2,12)13)3-4-9(7)10-6-11/h3-6H,1-2H3,(H,10,11). The molecule has 0 aliphatic carbocycles. The molecule has 1 aromatic carbocycles. The van der Waals surface area contributed by atoms with Gasteiger partial charge >= 0.3 is 0 Å². The quantitative estimate of drug-likeness (QED) is 0.761. The number of rotatable bonds is 3. The average Bonchev–Trinajstić information content (AvgIpc) is 2.07. The fourth-order valence-corrected chi connectivity index (χ4v) is 1.80. The molecule has 0 atom stereocenters. The molecule has 1 N–H and O–H groups in total. The lowest BCUT2D eigenvalue weighted by atomic mass is 10.2. The maximum atomic E-state index is 11.2. The number of carbonyl (C=O) groups excluding carboxylic acids is 1. The van der Waals surface area contributed by atoms with Crippen LogP contribution in [-0.2, 0) is 14.6 Å². The molecule has 0 spiro atoms. The molecule has 1 aromatic rings. The number of carbonyl (C=O) groups is 1. The Hall–Kier alpha value is -1.36. The summed E-state index contributed by atoms with van der Waals surface area (Å²) in [6.07, 6.45) is 1.71. The molecule has 0 saturated heterocycles. The average molecular weight is 213 g/mol. The molecule has 14 heavy (non-hydrogen) atoms. The molecule has 1 rings (SSSR count).